The van der Waals surface area contributed by atoms with E-state index < -0.39 is 5.97 Å². The first-order valence-electron chi connectivity index (χ1n) is 6.71. The van der Waals surface area contributed by atoms with Gasteiger partial charge in [0.25, 0.3) is 0 Å². The molecule has 0 spiro atoms. The maximum Gasteiger partial charge on any atom is 0.317 e. The van der Waals surface area contributed by atoms with Gasteiger partial charge in [0.1, 0.15) is 0 Å². The van der Waals surface area contributed by atoms with Crippen LogP contribution in [0.1, 0.15) is 37.1 Å². The van der Waals surface area contributed by atoms with Gasteiger partial charge in [0, 0.05) is 19.2 Å². The van der Waals surface area contributed by atoms with Crippen LogP contribution in [0.25, 0.3) is 0 Å². The summed E-state index contributed by atoms with van der Waals surface area (Å²) in [4.78, 5) is 28.0. The van der Waals surface area contributed by atoms with E-state index in [1.54, 1.807) is 6.20 Å². The van der Waals surface area contributed by atoms with Crippen molar-refractivity contribution in [3.05, 3.63) is 29.6 Å². The Morgan fingerprint density at radius 2 is 2.35 bits per heavy atom. The number of carboxylic acid groups (broad SMARTS) is 1. The summed E-state index contributed by atoms with van der Waals surface area (Å²) in [5.41, 5.74) is 1.86. The summed E-state index contributed by atoms with van der Waals surface area (Å²) in [6.07, 6.45) is 3.67. The lowest BCUT2D eigenvalue weighted by molar-refractivity contribution is -0.138. The van der Waals surface area contributed by atoms with Crippen LogP contribution in [0.15, 0.2) is 18.3 Å². The highest BCUT2D eigenvalue weighted by molar-refractivity contribution is 5.72. The van der Waals surface area contributed by atoms with Crippen molar-refractivity contribution in [2.24, 2.45) is 0 Å². The fraction of sp³-hybridized carbons (Fsp3) is 0.500. The van der Waals surface area contributed by atoms with E-state index in [4.69, 9.17) is 5.11 Å². The Labute approximate surface area is 117 Å². The first-order valence-corrected chi connectivity index (χ1v) is 6.71. The Hall–Kier alpha value is -1.95. The lowest BCUT2D eigenvalue weighted by atomic mass is 10.0. The average Bonchev–Trinajstić information content (AvgIpc) is 2.84. The Balaban J connectivity index is 2.09. The molecule has 1 atom stereocenters. The van der Waals surface area contributed by atoms with Crippen LogP contribution in [0.3, 0.4) is 0 Å². The molecular weight excluding hydrogens is 258 g/mol. The van der Waals surface area contributed by atoms with Gasteiger partial charge in [-0.05, 0) is 37.1 Å². The van der Waals surface area contributed by atoms with Gasteiger partial charge in [0.2, 0.25) is 5.91 Å². The summed E-state index contributed by atoms with van der Waals surface area (Å²) in [7, 11) is 0. The molecule has 1 aliphatic rings. The number of carbonyl (C=O) groups is 2. The highest BCUT2D eigenvalue weighted by Crippen LogP contribution is 2.31. The van der Waals surface area contributed by atoms with Crippen LogP contribution in [0, 0.1) is 0 Å². The van der Waals surface area contributed by atoms with Crippen molar-refractivity contribution in [2.45, 2.75) is 32.4 Å². The summed E-state index contributed by atoms with van der Waals surface area (Å²) >= 11 is 0. The molecule has 6 heteroatoms. The van der Waals surface area contributed by atoms with Crippen LogP contribution >= 0.6 is 0 Å². The van der Waals surface area contributed by atoms with Crippen LogP contribution in [0.4, 0.5) is 0 Å². The summed E-state index contributed by atoms with van der Waals surface area (Å²) in [5.74, 6) is -0.894. The molecule has 2 rings (SSSR count). The first-order chi connectivity index (χ1) is 9.56. The van der Waals surface area contributed by atoms with Gasteiger partial charge in [0.05, 0.1) is 18.8 Å². The molecular formula is C14H19N3O3. The highest BCUT2D eigenvalue weighted by Gasteiger charge is 2.27. The van der Waals surface area contributed by atoms with E-state index in [1.807, 2.05) is 17.0 Å². The second-order valence-electron chi connectivity index (χ2n) is 5.01. The second kappa shape index (κ2) is 6.47. The number of amides is 1. The standard InChI is InChI=1S/C14H19N3O3/c1-10(18)16-8-12-7-11(4-5-15-12)13-3-2-6-17(13)9-14(19)20/h4-5,7,13H,2-3,6,8-9H2,1H3,(H,16,18)(H,19,20)/t13-/m1/s1. The number of rotatable bonds is 5. The minimum atomic E-state index is -0.801. The second-order valence-corrected chi connectivity index (χ2v) is 5.01. The van der Waals surface area contributed by atoms with Crippen LogP contribution in [0.5, 0.6) is 0 Å². The normalized spacial score (nSPS) is 18.9. The zero-order valence-corrected chi connectivity index (χ0v) is 11.5. The predicted molar refractivity (Wildman–Crippen MR) is 72.9 cm³/mol. The molecule has 20 heavy (non-hydrogen) atoms. The number of nitrogens with zero attached hydrogens (tertiary/aromatic N) is 2. The van der Waals surface area contributed by atoms with E-state index in [1.165, 1.54) is 6.92 Å². The van der Waals surface area contributed by atoms with Gasteiger partial charge < -0.3 is 10.4 Å². The van der Waals surface area contributed by atoms with Crippen LogP contribution < -0.4 is 5.32 Å². The molecule has 0 aliphatic carbocycles. The van der Waals surface area contributed by atoms with Crippen molar-refractivity contribution >= 4 is 11.9 Å². The molecule has 1 aromatic rings. The van der Waals surface area contributed by atoms with Gasteiger partial charge in [-0.3, -0.25) is 19.5 Å². The van der Waals surface area contributed by atoms with E-state index in [0.29, 0.717) is 6.54 Å². The SMILES string of the molecule is CC(=O)NCc1cc([C@H]2CCCN2CC(=O)O)ccn1. The quantitative estimate of drug-likeness (QED) is 0.837. The molecule has 1 amide bonds. The number of hydrogen-bond donors (Lipinski definition) is 2. The number of aromatic nitrogens is 1. The van der Waals surface area contributed by atoms with Gasteiger partial charge in [-0.2, -0.15) is 0 Å². The molecule has 0 aromatic carbocycles. The zero-order valence-electron chi connectivity index (χ0n) is 11.5. The number of hydrogen-bond acceptors (Lipinski definition) is 4. The van der Waals surface area contributed by atoms with Crippen LogP contribution in [-0.2, 0) is 16.1 Å². The van der Waals surface area contributed by atoms with E-state index in [2.05, 4.69) is 10.3 Å². The zero-order chi connectivity index (χ0) is 14.5. The summed E-state index contributed by atoms with van der Waals surface area (Å²) in [6, 6.07) is 3.99. The van der Waals surface area contributed by atoms with Crippen molar-refractivity contribution < 1.29 is 14.7 Å². The molecule has 2 N–H and O–H groups in total. The molecule has 0 radical (unpaired) electrons. The molecule has 0 saturated carbocycles. The summed E-state index contributed by atoms with van der Waals surface area (Å²) in [6.45, 7) is 2.73. The number of pyridine rings is 1. The van der Waals surface area contributed by atoms with Crippen molar-refractivity contribution in [1.82, 2.24) is 15.2 Å². The largest absolute Gasteiger partial charge is 0.480 e. The number of carbonyl (C=O) groups excluding carboxylic acids is 1. The van der Waals surface area contributed by atoms with Gasteiger partial charge in [-0.15, -0.1) is 0 Å². The maximum atomic E-state index is 10.9. The van der Waals surface area contributed by atoms with Gasteiger partial charge in [0.15, 0.2) is 0 Å². The minimum absolute atomic E-state index is 0.0635. The molecule has 0 unspecified atom stereocenters. The van der Waals surface area contributed by atoms with Crippen molar-refractivity contribution in [3.63, 3.8) is 0 Å². The molecule has 6 nitrogen and oxygen atoms in total. The lowest BCUT2D eigenvalue weighted by Gasteiger charge is -2.23. The molecule has 2 heterocycles. The predicted octanol–water partition coefficient (Wildman–Crippen LogP) is 0.939. The fourth-order valence-corrected chi connectivity index (χ4v) is 2.58. The maximum absolute atomic E-state index is 10.9. The van der Waals surface area contributed by atoms with E-state index in [9.17, 15) is 9.59 Å². The monoisotopic (exact) mass is 277 g/mol. The van der Waals surface area contributed by atoms with Gasteiger partial charge in [-0.1, -0.05) is 0 Å². The third-order valence-corrected chi connectivity index (χ3v) is 3.45. The van der Waals surface area contributed by atoms with E-state index >= 15 is 0 Å². The minimum Gasteiger partial charge on any atom is -0.480 e. The molecule has 1 fully saturated rings. The topological polar surface area (TPSA) is 82.5 Å². The summed E-state index contributed by atoms with van der Waals surface area (Å²) < 4.78 is 0. The van der Waals surface area contributed by atoms with Crippen molar-refractivity contribution in [2.75, 3.05) is 13.1 Å². The summed E-state index contributed by atoms with van der Waals surface area (Å²) in [5, 5.41) is 11.7. The fourth-order valence-electron chi connectivity index (χ4n) is 2.58. The van der Waals surface area contributed by atoms with Crippen LogP contribution in [-0.4, -0.2) is 40.0 Å². The Morgan fingerprint density at radius 1 is 1.55 bits per heavy atom. The number of nitrogens with one attached hydrogen (secondary N) is 1. The molecule has 108 valence electrons. The molecule has 1 aromatic heterocycles. The molecule has 1 aliphatic heterocycles. The van der Waals surface area contributed by atoms with Crippen LogP contribution in [0.2, 0.25) is 0 Å². The molecule has 0 bridgehead atoms. The smallest absolute Gasteiger partial charge is 0.317 e. The average molecular weight is 277 g/mol. The third-order valence-electron chi connectivity index (χ3n) is 3.45. The Morgan fingerprint density at radius 3 is 3.05 bits per heavy atom. The van der Waals surface area contributed by atoms with E-state index in [0.717, 1.165) is 30.6 Å². The van der Waals surface area contributed by atoms with Crippen molar-refractivity contribution in [3.8, 4) is 0 Å². The number of likely N-dealkylation sites (tertiary alicyclic amines) is 1. The number of aliphatic carboxylic acids is 1. The van der Waals surface area contributed by atoms with E-state index in [-0.39, 0.29) is 18.5 Å². The van der Waals surface area contributed by atoms with Crippen molar-refractivity contribution in [1.29, 1.82) is 0 Å². The number of carboxylic acids is 1. The third kappa shape index (κ3) is 3.77. The Bertz CT molecular complexity index is 504. The first kappa shape index (κ1) is 14.5. The Kier molecular flexibility index (Phi) is 4.68. The lowest BCUT2D eigenvalue weighted by Crippen LogP contribution is -2.29. The highest BCUT2D eigenvalue weighted by atomic mass is 16.4. The molecule has 1 saturated heterocycles. The van der Waals surface area contributed by atoms with Gasteiger partial charge >= 0.3 is 5.97 Å². The van der Waals surface area contributed by atoms with Gasteiger partial charge in [-0.25, -0.2) is 0 Å².